The zero-order valence-electron chi connectivity index (χ0n) is 11.6. The van der Waals surface area contributed by atoms with Gasteiger partial charge in [-0.2, -0.15) is 10.5 Å². The molecule has 0 fully saturated rings. The minimum absolute atomic E-state index is 0.105. The molecule has 5 heteroatoms. The number of rotatable bonds is 4. The number of nitrogens with zero attached hydrogens (tertiary/aromatic N) is 3. The van der Waals surface area contributed by atoms with Crippen molar-refractivity contribution in [3.05, 3.63) is 71.6 Å². The normalized spacial score (nSPS) is 11.4. The van der Waals surface area contributed by atoms with Crippen LogP contribution in [0.5, 0.6) is 11.5 Å². The molecule has 22 heavy (non-hydrogen) atoms. The third-order valence-corrected chi connectivity index (χ3v) is 2.68. The summed E-state index contributed by atoms with van der Waals surface area (Å²) in [5, 5.41) is 17.5. The van der Waals surface area contributed by atoms with Crippen molar-refractivity contribution in [2.45, 2.75) is 0 Å². The maximum atomic E-state index is 8.84. The first-order valence-electron chi connectivity index (χ1n) is 6.40. The van der Waals surface area contributed by atoms with Crippen LogP contribution in [0.2, 0.25) is 0 Å². The standard InChI is InChI=1S/C17H12N4O/c18-10-16(20)17(11-19)21-12-13-6-8-15(9-7-13)22-14-4-2-1-3-5-14/h1-9,12H,20H2/b17-16+,21-12+. The van der Waals surface area contributed by atoms with E-state index in [1.54, 1.807) is 36.4 Å². The molecular formula is C17H12N4O. The molecule has 106 valence electrons. The largest absolute Gasteiger partial charge is 0.457 e. The third kappa shape index (κ3) is 3.96. The molecule has 0 unspecified atom stereocenters. The summed E-state index contributed by atoms with van der Waals surface area (Å²) in [6.45, 7) is 0. The summed E-state index contributed by atoms with van der Waals surface area (Å²) < 4.78 is 5.67. The minimum Gasteiger partial charge on any atom is -0.457 e. The van der Waals surface area contributed by atoms with E-state index in [-0.39, 0.29) is 11.4 Å². The summed E-state index contributed by atoms with van der Waals surface area (Å²) >= 11 is 0. The highest BCUT2D eigenvalue weighted by molar-refractivity contribution is 5.81. The average Bonchev–Trinajstić information content (AvgIpc) is 2.57. The Balaban J connectivity index is 2.10. The minimum atomic E-state index is -0.206. The first-order chi connectivity index (χ1) is 10.7. The van der Waals surface area contributed by atoms with Gasteiger partial charge in [-0.1, -0.05) is 18.2 Å². The Kier molecular flexibility index (Phi) is 4.90. The van der Waals surface area contributed by atoms with Crippen LogP contribution in [-0.2, 0) is 0 Å². The number of nitrogens with two attached hydrogens (primary N) is 1. The van der Waals surface area contributed by atoms with E-state index in [4.69, 9.17) is 21.0 Å². The lowest BCUT2D eigenvalue weighted by molar-refractivity contribution is 0.482. The van der Waals surface area contributed by atoms with Gasteiger partial charge in [-0.25, -0.2) is 4.99 Å². The van der Waals surface area contributed by atoms with Crippen molar-refractivity contribution in [3.8, 4) is 23.6 Å². The molecule has 0 amide bonds. The molecular weight excluding hydrogens is 276 g/mol. The van der Waals surface area contributed by atoms with Crippen LogP contribution in [0.25, 0.3) is 0 Å². The van der Waals surface area contributed by atoms with Crippen molar-refractivity contribution in [3.63, 3.8) is 0 Å². The van der Waals surface area contributed by atoms with Gasteiger partial charge in [0.05, 0.1) is 0 Å². The van der Waals surface area contributed by atoms with Gasteiger partial charge >= 0.3 is 0 Å². The first kappa shape index (κ1) is 14.8. The second-order valence-electron chi connectivity index (χ2n) is 4.23. The van der Waals surface area contributed by atoms with Crippen LogP contribution in [-0.4, -0.2) is 6.21 Å². The van der Waals surface area contributed by atoms with Crippen LogP contribution in [0.4, 0.5) is 0 Å². The second kappa shape index (κ2) is 7.28. The van der Waals surface area contributed by atoms with Crippen LogP contribution < -0.4 is 10.5 Å². The Morgan fingerprint density at radius 2 is 1.59 bits per heavy atom. The molecule has 0 bridgehead atoms. The number of nitriles is 2. The summed E-state index contributed by atoms with van der Waals surface area (Å²) in [7, 11) is 0. The maximum absolute atomic E-state index is 8.84. The lowest BCUT2D eigenvalue weighted by Gasteiger charge is -2.05. The summed E-state index contributed by atoms with van der Waals surface area (Å²) in [5.74, 6) is 1.44. The third-order valence-electron chi connectivity index (χ3n) is 2.68. The van der Waals surface area contributed by atoms with Gasteiger partial charge in [0.2, 0.25) is 0 Å². The second-order valence-corrected chi connectivity index (χ2v) is 4.23. The summed E-state index contributed by atoms with van der Waals surface area (Å²) in [6, 6.07) is 20.1. The van der Waals surface area contributed by atoms with Gasteiger partial charge in [0.25, 0.3) is 0 Å². The molecule has 0 spiro atoms. The molecule has 0 radical (unpaired) electrons. The van der Waals surface area contributed by atoms with E-state index >= 15 is 0 Å². The van der Waals surface area contributed by atoms with Crippen molar-refractivity contribution >= 4 is 6.21 Å². The van der Waals surface area contributed by atoms with Crippen molar-refractivity contribution in [2.24, 2.45) is 10.7 Å². The van der Waals surface area contributed by atoms with Crippen molar-refractivity contribution in [1.82, 2.24) is 0 Å². The molecule has 0 aliphatic rings. The predicted molar refractivity (Wildman–Crippen MR) is 83.0 cm³/mol. The molecule has 2 N–H and O–H groups in total. The Labute approximate surface area is 128 Å². The van der Waals surface area contributed by atoms with Crippen LogP contribution in [0.1, 0.15) is 5.56 Å². The number of allylic oxidation sites excluding steroid dienone is 2. The quantitative estimate of drug-likeness (QED) is 0.690. The molecule has 0 saturated heterocycles. The Morgan fingerprint density at radius 3 is 2.18 bits per heavy atom. The number of hydrogen-bond donors (Lipinski definition) is 1. The van der Waals surface area contributed by atoms with Gasteiger partial charge in [-0.05, 0) is 42.0 Å². The molecule has 0 aromatic heterocycles. The fourth-order valence-electron chi connectivity index (χ4n) is 1.60. The smallest absolute Gasteiger partial charge is 0.174 e. The van der Waals surface area contributed by atoms with Crippen LogP contribution in [0, 0.1) is 22.7 Å². The van der Waals surface area contributed by atoms with Crippen LogP contribution in [0.3, 0.4) is 0 Å². The van der Waals surface area contributed by atoms with E-state index in [0.29, 0.717) is 5.75 Å². The zero-order chi connectivity index (χ0) is 15.8. The van der Waals surface area contributed by atoms with Crippen LogP contribution >= 0.6 is 0 Å². The molecule has 5 nitrogen and oxygen atoms in total. The molecule has 2 rings (SSSR count). The molecule has 2 aromatic carbocycles. The topological polar surface area (TPSA) is 95.2 Å². The van der Waals surface area contributed by atoms with E-state index in [2.05, 4.69) is 4.99 Å². The molecule has 2 aromatic rings. The average molecular weight is 288 g/mol. The van der Waals surface area contributed by atoms with Gasteiger partial charge in [0, 0.05) is 6.21 Å². The molecule has 0 saturated carbocycles. The lowest BCUT2D eigenvalue weighted by Crippen LogP contribution is -1.97. The number of aliphatic imine (C=N–C) groups is 1. The summed E-state index contributed by atoms with van der Waals surface area (Å²) in [6.07, 6.45) is 1.47. The molecule has 0 atom stereocenters. The van der Waals surface area contributed by atoms with E-state index < -0.39 is 0 Å². The number of hydrogen-bond acceptors (Lipinski definition) is 5. The number of benzene rings is 2. The van der Waals surface area contributed by atoms with Crippen molar-refractivity contribution in [2.75, 3.05) is 0 Å². The van der Waals surface area contributed by atoms with E-state index in [1.165, 1.54) is 6.21 Å². The number of ether oxygens (including phenoxy) is 1. The molecule has 0 heterocycles. The van der Waals surface area contributed by atoms with Gasteiger partial charge in [0.1, 0.15) is 29.3 Å². The fraction of sp³-hybridized carbons (Fsp3) is 0. The van der Waals surface area contributed by atoms with Gasteiger partial charge in [0.15, 0.2) is 5.70 Å². The first-order valence-corrected chi connectivity index (χ1v) is 6.40. The monoisotopic (exact) mass is 288 g/mol. The van der Waals surface area contributed by atoms with Crippen molar-refractivity contribution in [1.29, 1.82) is 10.5 Å². The number of para-hydroxylation sites is 1. The van der Waals surface area contributed by atoms with E-state index in [1.807, 2.05) is 30.3 Å². The fourth-order valence-corrected chi connectivity index (χ4v) is 1.60. The highest BCUT2D eigenvalue weighted by Gasteiger charge is 1.99. The molecule has 0 aliphatic heterocycles. The van der Waals surface area contributed by atoms with Gasteiger partial charge in [-0.15, -0.1) is 0 Å². The van der Waals surface area contributed by atoms with E-state index in [0.717, 1.165) is 11.3 Å². The van der Waals surface area contributed by atoms with Crippen molar-refractivity contribution < 1.29 is 4.74 Å². The Bertz CT molecular complexity index is 778. The van der Waals surface area contributed by atoms with Gasteiger partial charge in [-0.3, -0.25) is 0 Å². The van der Waals surface area contributed by atoms with Gasteiger partial charge < -0.3 is 10.5 Å². The predicted octanol–water partition coefficient (Wildman–Crippen LogP) is 3.12. The Morgan fingerprint density at radius 1 is 0.955 bits per heavy atom. The van der Waals surface area contributed by atoms with Crippen LogP contribution in [0.15, 0.2) is 71.0 Å². The lowest BCUT2D eigenvalue weighted by atomic mass is 10.2. The highest BCUT2D eigenvalue weighted by Crippen LogP contribution is 2.20. The highest BCUT2D eigenvalue weighted by atomic mass is 16.5. The van der Waals surface area contributed by atoms with E-state index in [9.17, 15) is 0 Å². The molecule has 0 aliphatic carbocycles. The zero-order valence-corrected chi connectivity index (χ0v) is 11.6. The maximum Gasteiger partial charge on any atom is 0.174 e. The summed E-state index contributed by atoms with van der Waals surface area (Å²) in [5.41, 5.74) is 5.82. The Hall–Kier alpha value is -3.57. The summed E-state index contributed by atoms with van der Waals surface area (Å²) in [4.78, 5) is 3.90. The SMILES string of the molecule is N#C/C(N)=C(C#N)\N=C\c1ccc(Oc2ccccc2)cc1.